The topological polar surface area (TPSA) is 17.1 Å². The first-order chi connectivity index (χ1) is 10.3. The molecule has 0 unspecified atom stereocenters. The first kappa shape index (κ1) is 17.6. The van der Waals surface area contributed by atoms with E-state index in [1.165, 1.54) is 103 Å². The highest BCUT2D eigenvalue weighted by atomic mass is 31.2. The van der Waals surface area contributed by atoms with Crippen molar-refractivity contribution in [1.82, 2.24) is 0 Å². The zero-order valence-electron chi connectivity index (χ0n) is 14.2. The number of hydrogen-bond donors (Lipinski definition) is 0. The summed E-state index contributed by atoms with van der Waals surface area (Å²) in [5.74, 6) is 0. The van der Waals surface area contributed by atoms with Crippen molar-refractivity contribution < 1.29 is 4.57 Å². The lowest BCUT2D eigenvalue weighted by Gasteiger charge is -2.29. The fourth-order valence-corrected chi connectivity index (χ4v) is 8.16. The summed E-state index contributed by atoms with van der Waals surface area (Å²) in [4.78, 5) is 0. The van der Waals surface area contributed by atoms with Crippen LogP contribution in [0.15, 0.2) is 0 Å². The van der Waals surface area contributed by atoms with Crippen LogP contribution in [0, 0.1) is 0 Å². The summed E-state index contributed by atoms with van der Waals surface area (Å²) in [6.07, 6.45) is 23.7. The van der Waals surface area contributed by atoms with Gasteiger partial charge in [0.15, 0.2) is 0 Å². The Morgan fingerprint density at radius 2 is 0.810 bits per heavy atom. The molecule has 1 aliphatic carbocycles. The van der Waals surface area contributed by atoms with Gasteiger partial charge < -0.3 is 4.57 Å². The van der Waals surface area contributed by atoms with Crippen LogP contribution in [0.4, 0.5) is 0 Å². The van der Waals surface area contributed by atoms with E-state index in [0.29, 0.717) is 5.66 Å². The van der Waals surface area contributed by atoms with Crippen molar-refractivity contribution in [2.24, 2.45) is 0 Å². The molecule has 2 heteroatoms. The van der Waals surface area contributed by atoms with E-state index in [1.807, 2.05) is 0 Å². The lowest BCUT2D eigenvalue weighted by Crippen LogP contribution is -2.15. The molecular formula is C19H37OP. The van der Waals surface area contributed by atoms with Gasteiger partial charge in [-0.05, 0) is 25.7 Å². The van der Waals surface area contributed by atoms with Crippen molar-refractivity contribution in [3.63, 3.8) is 0 Å². The van der Waals surface area contributed by atoms with Gasteiger partial charge in [-0.15, -0.1) is 0 Å². The second-order valence-corrected chi connectivity index (χ2v) is 11.1. The Hall–Kier alpha value is 0.230. The smallest absolute Gasteiger partial charge is 0.0906 e. The fourth-order valence-electron chi connectivity index (χ4n) is 4.38. The largest absolute Gasteiger partial charge is 0.323 e. The van der Waals surface area contributed by atoms with E-state index in [-0.39, 0.29) is 0 Å². The van der Waals surface area contributed by atoms with Crippen LogP contribution in [0.3, 0.4) is 0 Å². The Balaban J connectivity index is 1.95. The maximum Gasteiger partial charge on any atom is 0.0906 e. The second-order valence-electron chi connectivity index (χ2n) is 7.58. The number of hydrogen-bond acceptors (Lipinski definition) is 1. The SMILES string of the molecule is O=P1(C2CCCCCCCCC2)CCCCCCCCC1. The highest BCUT2D eigenvalue weighted by Crippen LogP contribution is 2.56. The van der Waals surface area contributed by atoms with E-state index >= 15 is 0 Å². The van der Waals surface area contributed by atoms with E-state index in [9.17, 15) is 4.57 Å². The van der Waals surface area contributed by atoms with Gasteiger partial charge in [0.25, 0.3) is 0 Å². The molecule has 0 aromatic heterocycles. The van der Waals surface area contributed by atoms with Crippen molar-refractivity contribution >= 4 is 7.14 Å². The summed E-state index contributed by atoms with van der Waals surface area (Å²) >= 11 is 0. The molecule has 0 bridgehead atoms. The van der Waals surface area contributed by atoms with Crippen LogP contribution in [-0.2, 0) is 4.57 Å². The van der Waals surface area contributed by atoms with Gasteiger partial charge in [-0.25, -0.2) is 0 Å². The van der Waals surface area contributed by atoms with E-state index < -0.39 is 7.14 Å². The van der Waals surface area contributed by atoms with Crippen LogP contribution in [0.5, 0.6) is 0 Å². The molecule has 0 atom stereocenters. The Morgan fingerprint density at radius 3 is 1.24 bits per heavy atom. The van der Waals surface area contributed by atoms with Gasteiger partial charge in [0.1, 0.15) is 0 Å². The molecule has 1 aliphatic heterocycles. The molecule has 0 N–H and O–H groups in total. The molecule has 2 aliphatic rings. The summed E-state index contributed by atoms with van der Waals surface area (Å²) in [7, 11) is -1.89. The quantitative estimate of drug-likeness (QED) is 0.477. The minimum absolute atomic E-state index is 0.593. The molecular weight excluding hydrogens is 275 g/mol. The van der Waals surface area contributed by atoms with Crippen molar-refractivity contribution in [3.8, 4) is 0 Å². The molecule has 0 radical (unpaired) electrons. The van der Waals surface area contributed by atoms with Crippen molar-refractivity contribution in [1.29, 1.82) is 0 Å². The van der Waals surface area contributed by atoms with Crippen LogP contribution in [0.1, 0.15) is 103 Å². The molecule has 2 fully saturated rings. The molecule has 21 heavy (non-hydrogen) atoms. The van der Waals surface area contributed by atoms with E-state index in [2.05, 4.69) is 0 Å². The molecule has 1 saturated heterocycles. The fraction of sp³-hybridized carbons (Fsp3) is 1.00. The van der Waals surface area contributed by atoms with Gasteiger partial charge in [0.05, 0.1) is 7.14 Å². The van der Waals surface area contributed by atoms with Crippen molar-refractivity contribution in [3.05, 3.63) is 0 Å². The van der Waals surface area contributed by atoms with E-state index in [1.54, 1.807) is 0 Å². The Kier molecular flexibility index (Phi) is 8.45. The van der Waals surface area contributed by atoms with Gasteiger partial charge >= 0.3 is 0 Å². The Morgan fingerprint density at radius 1 is 0.476 bits per heavy atom. The molecule has 124 valence electrons. The van der Waals surface area contributed by atoms with E-state index in [0.717, 1.165) is 12.3 Å². The molecule has 0 amide bonds. The average Bonchev–Trinajstić information content (AvgIpc) is 2.51. The predicted octanol–water partition coefficient (Wildman–Crippen LogP) is 6.99. The first-order valence-corrected chi connectivity index (χ1v) is 12.0. The lowest BCUT2D eigenvalue weighted by atomic mass is 10.0. The minimum Gasteiger partial charge on any atom is -0.323 e. The maximum absolute atomic E-state index is 13.7. The Labute approximate surface area is 133 Å². The first-order valence-electron chi connectivity index (χ1n) is 9.89. The summed E-state index contributed by atoms with van der Waals surface area (Å²) in [6.45, 7) is 0. The maximum atomic E-state index is 13.7. The summed E-state index contributed by atoms with van der Waals surface area (Å²) in [5, 5.41) is 0. The molecule has 0 spiro atoms. The molecule has 1 saturated carbocycles. The highest BCUT2D eigenvalue weighted by Gasteiger charge is 2.31. The third-order valence-electron chi connectivity index (χ3n) is 5.81. The third kappa shape index (κ3) is 6.47. The molecule has 0 aromatic rings. The molecule has 0 aromatic carbocycles. The molecule has 1 nitrogen and oxygen atoms in total. The second kappa shape index (κ2) is 10.1. The van der Waals surface area contributed by atoms with Crippen LogP contribution >= 0.6 is 7.14 Å². The summed E-state index contributed by atoms with van der Waals surface area (Å²) in [6, 6.07) is 0. The van der Waals surface area contributed by atoms with Gasteiger partial charge in [-0.1, -0.05) is 77.0 Å². The lowest BCUT2D eigenvalue weighted by molar-refractivity contribution is 0.484. The molecule has 1 heterocycles. The van der Waals surface area contributed by atoms with Crippen molar-refractivity contribution in [2.75, 3.05) is 12.3 Å². The van der Waals surface area contributed by atoms with Crippen molar-refractivity contribution in [2.45, 2.75) is 108 Å². The van der Waals surface area contributed by atoms with Crippen LogP contribution in [-0.4, -0.2) is 18.0 Å². The van der Waals surface area contributed by atoms with Gasteiger partial charge in [-0.2, -0.15) is 0 Å². The molecule has 2 rings (SSSR count). The summed E-state index contributed by atoms with van der Waals surface area (Å²) < 4.78 is 13.7. The van der Waals surface area contributed by atoms with Gasteiger partial charge in [-0.3, -0.25) is 0 Å². The zero-order valence-corrected chi connectivity index (χ0v) is 15.1. The zero-order chi connectivity index (χ0) is 14.8. The summed E-state index contributed by atoms with van der Waals surface area (Å²) in [5.41, 5.74) is 0.593. The minimum atomic E-state index is -1.89. The normalized spacial score (nSPS) is 27.8. The highest BCUT2D eigenvalue weighted by molar-refractivity contribution is 7.64. The average molecular weight is 312 g/mol. The van der Waals surface area contributed by atoms with Gasteiger partial charge in [0, 0.05) is 18.0 Å². The predicted molar refractivity (Wildman–Crippen MR) is 95.0 cm³/mol. The van der Waals surface area contributed by atoms with Crippen LogP contribution in [0.25, 0.3) is 0 Å². The monoisotopic (exact) mass is 312 g/mol. The Bertz CT molecular complexity index is 289. The number of rotatable bonds is 1. The third-order valence-corrected chi connectivity index (χ3v) is 9.81. The van der Waals surface area contributed by atoms with E-state index in [4.69, 9.17) is 0 Å². The van der Waals surface area contributed by atoms with Crippen LogP contribution in [0.2, 0.25) is 0 Å². The van der Waals surface area contributed by atoms with Crippen LogP contribution < -0.4 is 0 Å². The standard InChI is InChI=1S/C19H37OP/c20-21(17-13-9-5-2-6-10-14-18-21)19-15-11-7-3-1-4-8-12-16-19/h19H,1-18H2. The van der Waals surface area contributed by atoms with Gasteiger partial charge in [0.2, 0.25) is 0 Å².